The standard InChI is InChI=1S/C15H17FN2/c1-12(7-8-13-5-3-2-4-6-13)18-14-9-10-15(16)17-11-14/h2-6,9-12,18H,7-8H2,1H3. The lowest BCUT2D eigenvalue weighted by Crippen LogP contribution is -2.16. The maximum Gasteiger partial charge on any atom is 0.212 e. The third kappa shape index (κ3) is 3.84. The summed E-state index contributed by atoms with van der Waals surface area (Å²) in [6, 6.07) is 13.8. The van der Waals surface area contributed by atoms with Crippen molar-refractivity contribution in [3.63, 3.8) is 0 Å². The predicted octanol–water partition coefficient (Wildman–Crippen LogP) is 3.65. The van der Waals surface area contributed by atoms with Gasteiger partial charge in [-0.15, -0.1) is 0 Å². The number of hydrogen-bond donors (Lipinski definition) is 1. The van der Waals surface area contributed by atoms with Gasteiger partial charge in [0.1, 0.15) is 0 Å². The van der Waals surface area contributed by atoms with Crippen LogP contribution in [0.3, 0.4) is 0 Å². The number of aromatic nitrogens is 1. The van der Waals surface area contributed by atoms with Crippen molar-refractivity contribution < 1.29 is 4.39 Å². The van der Waals surface area contributed by atoms with E-state index in [2.05, 4.69) is 41.5 Å². The third-order valence-corrected chi connectivity index (χ3v) is 2.85. The molecule has 0 saturated heterocycles. The molecule has 0 fully saturated rings. The third-order valence-electron chi connectivity index (χ3n) is 2.85. The van der Waals surface area contributed by atoms with Crippen LogP contribution in [0.1, 0.15) is 18.9 Å². The molecule has 0 aliphatic rings. The summed E-state index contributed by atoms with van der Waals surface area (Å²) in [6.07, 6.45) is 3.58. The molecular formula is C15H17FN2. The summed E-state index contributed by atoms with van der Waals surface area (Å²) in [4.78, 5) is 3.62. The van der Waals surface area contributed by atoms with E-state index in [1.807, 2.05) is 6.07 Å². The Morgan fingerprint density at radius 2 is 1.94 bits per heavy atom. The Morgan fingerprint density at radius 3 is 2.61 bits per heavy atom. The summed E-state index contributed by atoms with van der Waals surface area (Å²) in [6.45, 7) is 2.12. The van der Waals surface area contributed by atoms with Crippen molar-refractivity contribution >= 4 is 5.69 Å². The highest BCUT2D eigenvalue weighted by Gasteiger charge is 2.03. The van der Waals surface area contributed by atoms with Gasteiger partial charge in [0.2, 0.25) is 5.95 Å². The normalized spacial score (nSPS) is 12.1. The zero-order valence-corrected chi connectivity index (χ0v) is 10.4. The van der Waals surface area contributed by atoms with Crippen LogP contribution in [0.25, 0.3) is 0 Å². The number of aryl methyl sites for hydroxylation is 1. The average molecular weight is 244 g/mol. The lowest BCUT2D eigenvalue weighted by atomic mass is 10.1. The molecule has 3 heteroatoms. The Labute approximate surface area is 107 Å². The molecule has 2 nitrogen and oxygen atoms in total. The lowest BCUT2D eigenvalue weighted by Gasteiger charge is -2.14. The summed E-state index contributed by atoms with van der Waals surface area (Å²) < 4.78 is 12.7. The molecule has 2 aromatic rings. The number of anilines is 1. The molecule has 1 N–H and O–H groups in total. The fourth-order valence-electron chi connectivity index (χ4n) is 1.85. The van der Waals surface area contributed by atoms with Crippen molar-refractivity contribution in [2.45, 2.75) is 25.8 Å². The van der Waals surface area contributed by atoms with Crippen molar-refractivity contribution in [2.24, 2.45) is 0 Å². The van der Waals surface area contributed by atoms with E-state index in [1.54, 1.807) is 6.07 Å². The van der Waals surface area contributed by atoms with E-state index in [0.717, 1.165) is 18.5 Å². The molecule has 0 bridgehead atoms. The van der Waals surface area contributed by atoms with E-state index >= 15 is 0 Å². The number of nitrogens with one attached hydrogen (secondary N) is 1. The van der Waals surface area contributed by atoms with E-state index in [4.69, 9.17) is 0 Å². The van der Waals surface area contributed by atoms with E-state index in [1.165, 1.54) is 17.8 Å². The molecule has 0 spiro atoms. The average Bonchev–Trinajstić information content (AvgIpc) is 2.40. The van der Waals surface area contributed by atoms with E-state index in [0.29, 0.717) is 6.04 Å². The minimum absolute atomic E-state index is 0.331. The molecule has 94 valence electrons. The first-order valence-corrected chi connectivity index (χ1v) is 6.16. The van der Waals surface area contributed by atoms with Crippen LogP contribution in [-0.2, 0) is 6.42 Å². The van der Waals surface area contributed by atoms with Crippen LogP contribution < -0.4 is 5.32 Å². The minimum Gasteiger partial charge on any atom is -0.381 e. The van der Waals surface area contributed by atoms with Crippen LogP contribution in [0.15, 0.2) is 48.7 Å². The number of nitrogens with zero attached hydrogens (tertiary/aromatic N) is 1. The molecule has 1 atom stereocenters. The molecule has 2 rings (SSSR count). The summed E-state index contributed by atoms with van der Waals surface area (Å²) >= 11 is 0. The van der Waals surface area contributed by atoms with Crippen LogP contribution in [0.4, 0.5) is 10.1 Å². The van der Waals surface area contributed by atoms with E-state index < -0.39 is 5.95 Å². The molecule has 0 radical (unpaired) electrons. The molecule has 0 saturated carbocycles. The molecule has 1 unspecified atom stereocenters. The van der Waals surface area contributed by atoms with Crippen LogP contribution >= 0.6 is 0 Å². The zero-order chi connectivity index (χ0) is 12.8. The van der Waals surface area contributed by atoms with Gasteiger partial charge in [-0.25, -0.2) is 4.98 Å². The summed E-state index contributed by atoms with van der Waals surface area (Å²) in [5.74, 6) is -0.447. The van der Waals surface area contributed by atoms with Gasteiger partial charge in [-0.2, -0.15) is 4.39 Å². The van der Waals surface area contributed by atoms with Crippen LogP contribution in [0, 0.1) is 5.95 Å². The van der Waals surface area contributed by atoms with Crippen molar-refractivity contribution in [1.29, 1.82) is 0 Å². The lowest BCUT2D eigenvalue weighted by molar-refractivity contribution is 0.583. The summed E-state index contributed by atoms with van der Waals surface area (Å²) in [7, 11) is 0. The molecule has 0 amide bonds. The van der Waals surface area contributed by atoms with Gasteiger partial charge in [0.05, 0.1) is 11.9 Å². The molecule has 1 heterocycles. The Balaban J connectivity index is 1.82. The SMILES string of the molecule is CC(CCc1ccccc1)Nc1ccc(F)nc1. The largest absolute Gasteiger partial charge is 0.381 e. The monoisotopic (exact) mass is 244 g/mol. The zero-order valence-electron chi connectivity index (χ0n) is 10.4. The van der Waals surface area contributed by atoms with Gasteiger partial charge in [0.25, 0.3) is 0 Å². The van der Waals surface area contributed by atoms with Gasteiger partial charge >= 0.3 is 0 Å². The highest BCUT2D eigenvalue weighted by Crippen LogP contribution is 2.11. The number of halogens is 1. The molecule has 1 aromatic heterocycles. The number of benzene rings is 1. The first-order valence-electron chi connectivity index (χ1n) is 6.16. The Bertz CT molecular complexity index is 468. The molecular weight excluding hydrogens is 227 g/mol. The maximum atomic E-state index is 12.7. The fourth-order valence-corrected chi connectivity index (χ4v) is 1.85. The van der Waals surface area contributed by atoms with Crippen molar-refractivity contribution in [3.05, 3.63) is 60.2 Å². The number of rotatable bonds is 5. The van der Waals surface area contributed by atoms with Gasteiger partial charge in [-0.1, -0.05) is 30.3 Å². The molecule has 0 aliphatic heterocycles. The Hall–Kier alpha value is -1.90. The second-order valence-electron chi connectivity index (χ2n) is 4.44. The van der Waals surface area contributed by atoms with E-state index in [9.17, 15) is 4.39 Å². The summed E-state index contributed by atoms with van der Waals surface area (Å²) in [5, 5.41) is 3.31. The van der Waals surface area contributed by atoms with Gasteiger partial charge in [0, 0.05) is 6.04 Å². The fraction of sp³-hybridized carbons (Fsp3) is 0.267. The first-order chi connectivity index (χ1) is 8.74. The van der Waals surface area contributed by atoms with Crippen LogP contribution in [-0.4, -0.2) is 11.0 Å². The second kappa shape index (κ2) is 6.15. The highest BCUT2D eigenvalue weighted by molar-refractivity contribution is 5.40. The van der Waals surface area contributed by atoms with Crippen molar-refractivity contribution in [1.82, 2.24) is 4.98 Å². The molecule has 0 aliphatic carbocycles. The van der Waals surface area contributed by atoms with Gasteiger partial charge < -0.3 is 5.32 Å². The van der Waals surface area contributed by atoms with Crippen LogP contribution in [0.2, 0.25) is 0 Å². The highest BCUT2D eigenvalue weighted by atomic mass is 19.1. The smallest absolute Gasteiger partial charge is 0.212 e. The van der Waals surface area contributed by atoms with Crippen molar-refractivity contribution in [2.75, 3.05) is 5.32 Å². The maximum absolute atomic E-state index is 12.7. The molecule has 1 aromatic carbocycles. The van der Waals surface area contributed by atoms with Crippen LogP contribution in [0.5, 0.6) is 0 Å². The minimum atomic E-state index is -0.447. The molecule has 18 heavy (non-hydrogen) atoms. The Kier molecular flexibility index (Phi) is 4.29. The second-order valence-corrected chi connectivity index (χ2v) is 4.44. The van der Waals surface area contributed by atoms with Gasteiger partial charge in [-0.3, -0.25) is 0 Å². The Morgan fingerprint density at radius 1 is 1.17 bits per heavy atom. The number of hydrogen-bond acceptors (Lipinski definition) is 2. The van der Waals surface area contributed by atoms with E-state index in [-0.39, 0.29) is 0 Å². The van der Waals surface area contributed by atoms with Gasteiger partial charge in [-0.05, 0) is 37.5 Å². The predicted molar refractivity (Wildman–Crippen MR) is 72.0 cm³/mol. The number of pyridine rings is 1. The van der Waals surface area contributed by atoms with Crippen molar-refractivity contribution in [3.8, 4) is 0 Å². The summed E-state index contributed by atoms with van der Waals surface area (Å²) in [5.41, 5.74) is 2.19. The first kappa shape index (κ1) is 12.6. The van der Waals surface area contributed by atoms with Gasteiger partial charge in [0.15, 0.2) is 0 Å². The quantitative estimate of drug-likeness (QED) is 0.812. The topological polar surface area (TPSA) is 24.9 Å².